The number of imide groups is 1. The van der Waals surface area contributed by atoms with Gasteiger partial charge in [0.1, 0.15) is 5.60 Å². The van der Waals surface area contributed by atoms with Gasteiger partial charge in [-0.05, 0) is 44.5 Å². The normalized spacial score (nSPS) is 19.0. The maximum absolute atomic E-state index is 13.3. The molecule has 0 aliphatic carbocycles. The van der Waals surface area contributed by atoms with Crippen LogP contribution in [0.25, 0.3) is 0 Å². The van der Waals surface area contributed by atoms with Crippen LogP contribution in [0.4, 0.5) is 10.5 Å². The number of amides is 2. The van der Waals surface area contributed by atoms with E-state index in [4.69, 9.17) is 16.3 Å². The van der Waals surface area contributed by atoms with E-state index in [1.165, 1.54) is 0 Å². The van der Waals surface area contributed by atoms with Crippen molar-refractivity contribution >= 4 is 29.3 Å². The Morgan fingerprint density at radius 2 is 1.77 bits per heavy atom. The number of fused-ring (bicyclic) bond motifs is 1. The molecular weight excluding hydrogens is 352 g/mol. The van der Waals surface area contributed by atoms with Crippen LogP contribution in [0.5, 0.6) is 0 Å². The maximum Gasteiger partial charge on any atom is 0.421 e. The fourth-order valence-corrected chi connectivity index (χ4v) is 3.14. The predicted octanol–water partition coefficient (Wildman–Crippen LogP) is 4.43. The Morgan fingerprint density at radius 3 is 2.35 bits per heavy atom. The monoisotopic (exact) mass is 368 g/mol. The zero-order valence-corrected chi connectivity index (χ0v) is 15.4. The summed E-state index contributed by atoms with van der Waals surface area (Å²) in [5.74, 6) is -0.655. The van der Waals surface area contributed by atoms with Crippen molar-refractivity contribution < 1.29 is 14.3 Å². The number of rotatable bonds is 1. The maximum atomic E-state index is 13.3. The molecule has 2 aromatic rings. The number of carbonyl (C=O) groups excluding carboxylic acids is 2. The zero-order valence-electron chi connectivity index (χ0n) is 14.6. The van der Waals surface area contributed by atoms with Gasteiger partial charge in [0.2, 0.25) is 0 Å². The Hall–Kier alpha value is -2.84. The molecule has 5 nitrogen and oxygen atoms in total. The summed E-state index contributed by atoms with van der Waals surface area (Å²) in [5, 5.41) is 10.5. The first kappa shape index (κ1) is 18.0. The molecule has 0 saturated heterocycles. The van der Waals surface area contributed by atoms with E-state index in [0.29, 0.717) is 21.8 Å². The van der Waals surface area contributed by atoms with Crippen LogP contribution in [-0.4, -0.2) is 17.6 Å². The summed E-state index contributed by atoms with van der Waals surface area (Å²) in [6.45, 7) is 5.15. The topological polar surface area (TPSA) is 70.4 Å². The SMILES string of the molecule is CC(C)(C)OC(=O)N1C(=O)[C@](C#N)(c2ccc(Cl)cc2)c2ccccc21. The summed E-state index contributed by atoms with van der Waals surface area (Å²) in [5.41, 5.74) is -1.15. The molecule has 2 aromatic carbocycles. The van der Waals surface area contributed by atoms with Crippen molar-refractivity contribution in [1.29, 1.82) is 5.26 Å². The van der Waals surface area contributed by atoms with Crippen LogP contribution >= 0.6 is 11.6 Å². The van der Waals surface area contributed by atoms with Gasteiger partial charge in [-0.3, -0.25) is 4.79 Å². The zero-order chi connectivity index (χ0) is 19.1. The Morgan fingerprint density at radius 1 is 1.15 bits per heavy atom. The molecule has 0 bridgehead atoms. The second kappa shape index (κ2) is 6.15. The molecule has 1 atom stereocenters. The number of benzene rings is 2. The lowest BCUT2D eigenvalue weighted by molar-refractivity contribution is -0.120. The van der Waals surface area contributed by atoms with Crippen LogP contribution in [-0.2, 0) is 14.9 Å². The quantitative estimate of drug-likeness (QED) is 0.746. The summed E-state index contributed by atoms with van der Waals surface area (Å²) in [7, 11) is 0. The number of anilines is 1. The van der Waals surface area contributed by atoms with Crippen LogP contribution < -0.4 is 4.90 Å². The second-order valence-electron chi connectivity index (χ2n) is 7.01. The molecule has 0 unspecified atom stereocenters. The van der Waals surface area contributed by atoms with Gasteiger partial charge in [0.15, 0.2) is 5.41 Å². The molecule has 0 saturated carbocycles. The summed E-state index contributed by atoms with van der Waals surface area (Å²) < 4.78 is 5.38. The molecule has 0 spiro atoms. The van der Waals surface area contributed by atoms with Crippen LogP contribution in [0.2, 0.25) is 5.02 Å². The first-order chi connectivity index (χ1) is 12.2. The van der Waals surface area contributed by atoms with Crippen molar-refractivity contribution in [2.45, 2.75) is 31.8 Å². The van der Waals surface area contributed by atoms with Gasteiger partial charge >= 0.3 is 6.09 Å². The smallest absolute Gasteiger partial charge is 0.421 e. The molecule has 2 amide bonds. The number of para-hydroxylation sites is 1. The van der Waals surface area contributed by atoms with Crippen molar-refractivity contribution in [3.63, 3.8) is 0 Å². The molecule has 0 aromatic heterocycles. The fourth-order valence-electron chi connectivity index (χ4n) is 3.02. The van der Waals surface area contributed by atoms with Gasteiger partial charge in [0, 0.05) is 10.6 Å². The average molecular weight is 369 g/mol. The van der Waals surface area contributed by atoms with Gasteiger partial charge in [-0.15, -0.1) is 0 Å². The van der Waals surface area contributed by atoms with E-state index >= 15 is 0 Å². The minimum Gasteiger partial charge on any atom is -0.443 e. The minimum atomic E-state index is -1.63. The Labute approximate surface area is 156 Å². The number of nitriles is 1. The summed E-state index contributed by atoms with van der Waals surface area (Å²) in [4.78, 5) is 26.9. The van der Waals surface area contributed by atoms with Crippen molar-refractivity contribution in [2.24, 2.45) is 0 Å². The molecule has 1 heterocycles. The third-order valence-corrected chi connectivity index (χ3v) is 4.35. The first-order valence-electron chi connectivity index (χ1n) is 8.05. The van der Waals surface area contributed by atoms with E-state index in [2.05, 4.69) is 6.07 Å². The Balaban J connectivity index is 2.19. The van der Waals surface area contributed by atoms with Crippen molar-refractivity contribution in [3.05, 3.63) is 64.7 Å². The van der Waals surface area contributed by atoms with E-state index in [1.807, 2.05) is 0 Å². The van der Waals surface area contributed by atoms with Gasteiger partial charge in [-0.2, -0.15) is 5.26 Å². The molecule has 1 aliphatic rings. The molecule has 132 valence electrons. The minimum absolute atomic E-state index is 0.350. The number of carbonyl (C=O) groups is 2. The van der Waals surface area contributed by atoms with Crippen LogP contribution in [0.3, 0.4) is 0 Å². The second-order valence-corrected chi connectivity index (χ2v) is 7.44. The van der Waals surface area contributed by atoms with Gasteiger partial charge in [-0.1, -0.05) is 41.9 Å². The third kappa shape index (κ3) is 2.73. The molecule has 0 fully saturated rings. The highest BCUT2D eigenvalue weighted by atomic mass is 35.5. The number of nitrogens with zero attached hydrogens (tertiary/aromatic N) is 2. The molecule has 3 rings (SSSR count). The lowest BCUT2D eigenvalue weighted by Crippen LogP contribution is -2.45. The number of halogens is 1. The summed E-state index contributed by atoms with van der Waals surface area (Å²) >= 11 is 5.94. The predicted molar refractivity (Wildman–Crippen MR) is 98.0 cm³/mol. The average Bonchev–Trinajstić information content (AvgIpc) is 2.83. The molecule has 1 aliphatic heterocycles. The third-order valence-electron chi connectivity index (χ3n) is 4.09. The fraction of sp³-hybridized carbons (Fsp3) is 0.250. The molecule has 0 N–H and O–H groups in total. The summed E-state index contributed by atoms with van der Waals surface area (Å²) in [6.07, 6.45) is -0.805. The summed E-state index contributed by atoms with van der Waals surface area (Å²) in [6, 6.07) is 15.3. The molecule has 0 radical (unpaired) electrons. The van der Waals surface area contributed by atoms with Gasteiger partial charge in [0.25, 0.3) is 5.91 Å². The first-order valence-corrected chi connectivity index (χ1v) is 8.43. The van der Waals surface area contributed by atoms with Crippen molar-refractivity contribution in [2.75, 3.05) is 4.90 Å². The van der Waals surface area contributed by atoms with Gasteiger partial charge in [0.05, 0.1) is 11.8 Å². The van der Waals surface area contributed by atoms with Crippen molar-refractivity contribution in [1.82, 2.24) is 0 Å². The highest BCUT2D eigenvalue weighted by Gasteiger charge is 2.55. The molecule has 6 heteroatoms. The van der Waals surface area contributed by atoms with Gasteiger partial charge in [-0.25, -0.2) is 9.69 Å². The van der Waals surface area contributed by atoms with E-state index < -0.39 is 23.0 Å². The van der Waals surface area contributed by atoms with E-state index in [0.717, 1.165) is 4.90 Å². The van der Waals surface area contributed by atoms with Crippen LogP contribution in [0, 0.1) is 11.3 Å². The standard InChI is InChI=1S/C20H17ClN2O3/c1-19(2,3)26-18(25)23-16-7-5-4-6-15(16)20(12-22,17(23)24)13-8-10-14(21)11-9-13/h4-11H,1-3H3/t20-/m1/s1. The van der Waals surface area contributed by atoms with E-state index in [1.54, 1.807) is 69.3 Å². The number of ether oxygens (including phenoxy) is 1. The number of hydrogen-bond donors (Lipinski definition) is 0. The lowest BCUT2D eigenvalue weighted by atomic mass is 9.77. The van der Waals surface area contributed by atoms with Crippen molar-refractivity contribution in [3.8, 4) is 6.07 Å². The van der Waals surface area contributed by atoms with E-state index in [-0.39, 0.29) is 0 Å². The lowest BCUT2D eigenvalue weighted by Gasteiger charge is -2.25. The molecular formula is C20H17ClN2O3. The Bertz CT molecular complexity index is 925. The largest absolute Gasteiger partial charge is 0.443 e. The van der Waals surface area contributed by atoms with Crippen LogP contribution in [0.1, 0.15) is 31.9 Å². The highest BCUT2D eigenvalue weighted by molar-refractivity contribution is 6.30. The number of hydrogen-bond acceptors (Lipinski definition) is 4. The highest BCUT2D eigenvalue weighted by Crippen LogP contribution is 2.46. The van der Waals surface area contributed by atoms with Crippen LogP contribution in [0.15, 0.2) is 48.5 Å². The van der Waals surface area contributed by atoms with Gasteiger partial charge < -0.3 is 4.74 Å². The molecule has 26 heavy (non-hydrogen) atoms. The Kier molecular flexibility index (Phi) is 4.25. The van der Waals surface area contributed by atoms with E-state index in [9.17, 15) is 14.9 Å².